The van der Waals surface area contributed by atoms with Crippen molar-refractivity contribution in [3.05, 3.63) is 44.4 Å². The van der Waals surface area contributed by atoms with Gasteiger partial charge in [-0.2, -0.15) is 0 Å². The predicted molar refractivity (Wildman–Crippen MR) is 142 cm³/mol. The largest absolute Gasteiger partial charge is 0.481 e. The van der Waals surface area contributed by atoms with Crippen molar-refractivity contribution in [1.82, 2.24) is 9.88 Å². The lowest BCUT2D eigenvalue weighted by Gasteiger charge is -2.43. The number of carbonyl (C=O) groups excluding carboxylic acids is 2. The minimum absolute atomic E-state index is 0.0101. The summed E-state index contributed by atoms with van der Waals surface area (Å²) in [5, 5.41) is 10.1. The quantitative estimate of drug-likeness (QED) is 0.491. The Balaban J connectivity index is 1.35. The SMILES string of the molecule is CCN(CC)c1ccc([C@H]2c3sc(=O)[nH]c3S[C@@H]3[C@H]4C[C@@H]([C@@H]5C(=O)N(CCCC(=O)O)C(=O)[C@H]45)[C@@H]23)cc1. The van der Waals surface area contributed by atoms with Crippen molar-refractivity contribution >= 4 is 46.6 Å². The van der Waals surface area contributed by atoms with E-state index in [4.69, 9.17) is 5.11 Å². The Hall–Kier alpha value is -2.59. The maximum absolute atomic E-state index is 13.5. The Morgan fingerprint density at radius 1 is 1.08 bits per heavy atom. The first-order valence-corrected chi connectivity index (χ1v) is 14.8. The van der Waals surface area contributed by atoms with Gasteiger partial charge in [-0.3, -0.25) is 24.1 Å². The molecule has 4 aliphatic rings. The number of nitrogens with zero attached hydrogens (tertiary/aromatic N) is 2. The molecule has 37 heavy (non-hydrogen) atoms. The van der Waals surface area contributed by atoms with Gasteiger partial charge in [0, 0.05) is 47.8 Å². The molecule has 2 aliphatic heterocycles. The molecule has 0 radical (unpaired) electrons. The van der Waals surface area contributed by atoms with Crippen molar-refractivity contribution in [3.8, 4) is 0 Å². The molecule has 196 valence electrons. The van der Waals surface area contributed by atoms with Crippen LogP contribution < -0.4 is 9.77 Å². The van der Waals surface area contributed by atoms with E-state index in [1.54, 1.807) is 11.8 Å². The Morgan fingerprint density at radius 2 is 1.76 bits per heavy atom. The van der Waals surface area contributed by atoms with Gasteiger partial charge in [-0.1, -0.05) is 23.5 Å². The van der Waals surface area contributed by atoms with Crippen molar-refractivity contribution in [2.24, 2.45) is 29.6 Å². The van der Waals surface area contributed by atoms with Gasteiger partial charge in [-0.25, -0.2) is 0 Å². The van der Waals surface area contributed by atoms with Gasteiger partial charge >= 0.3 is 10.8 Å². The van der Waals surface area contributed by atoms with Crippen LogP contribution >= 0.6 is 23.1 Å². The zero-order valence-electron chi connectivity index (χ0n) is 20.9. The third-order valence-corrected chi connectivity index (χ3v) is 11.6. The van der Waals surface area contributed by atoms with Crippen LogP contribution in [0.1, 0.15) is 49.5 Å². The molecule has 8 nitrogen and oxygen atoms in total. The highest BCUT2D eigenvalue weighted by Crippen LogP contribution is 2.68. The smallest absolute Gasteiger partial charge is 0.305 e. The number of aromatic nitrogens is 1. The average Bonchev–Trinajstić information content (AvgIpc) is 3.60. The summed E-state index contributed by atoms with van der Waals surface area (Å²) in [4.78, 5) is 58.0. The lowest BCUT2D eigenvalue weighted by atomic mass is 9.68. The van der Waals surface area contributed by atoms with E-state index in [-0.39, 0.29) is 76.8 Å². The Morgan fingerprint density at radius 3 is 2.41 bits per heavy atom. The summed E-state index contributed by atoms with van der Waals surface area (Å²) >= 11 is 2.96. The van der Waals surface area contributed by atoms with Crippen LogP contribution in [0.5, 0.6) is 0 Å². The van der Waals surface area contributed by atoms with Crippen molar-refractivity contribution in [2.75, 3.05) is 24.5 Å². The number of rotatable bonds is 8. The van der Waals surface area contributed by atoms with Crippen LogP contribution in [-0.2, 0) is 14.4 Å². The van der Waals surface area contributed by atoms with Crippen LogP contribution in [0.2, 0.25) is 0 Å². The van der Waals surface area contributed by atoms with Gasteiger partial charge in [-0.15, -0.1) is 11.8 Å². The summed E-state index contributed by atoms with van der Waals surface area (Å²) in [5.41, 5.74) is 2.32. The molecule has 3 fully saturated rings. The number of carboxylic acids is 1. The molecule has 6 rings (SSSR count). The number of benzene rings is 1. The number of H-pyrrole nitrogens is 1. The van der Waals surface area contributed by atoms with Crippen molar-refractivity contribution in [2.45, 2.75) is 49.3 Å². The van der Waals surface area contributed by atoms with E-state index in [0.717, 1.165) is 35.0 Å². The van der Waals surface area contributed by atoms with Crippen molar-refractivity contribution in [3.63, 3.8) is 0 Å². The second-order valence-electron chi connectivity index (χ2n) is 10.5. The van der Waals surface area contributed by atoms with E-state index in [2.05, 4.69) is 48.0 Å². The number of imide groups is 1. The van der Waals surface area contributed by atoms with Crippen LogP contribution in [0.3, 0.4) is 0 Å². The van der Waals surface area contributed by atoms with Crippen LogP contribution in [0.4, 0.5) is 5.69 Å². The van der Waals surface area contributed by atoms with Gasteiger partial charge in [0.15, 0.2) is 0 Å². The number of carboxylic acid groups (broad SMARTS) is 1. The molecule has 3 heterocycles. The number of anilines is 1. The summed E-state index contributed by atoms with van der Waals surface area (Å²) < 4.78 is 0. The number of thiazole rings is 1. The van der Waals surface area contributed by atoms with E-state index in [1.807, 2.05) is 0 Å². The van der Waals surface area contributed by atoms with E-state index in [9.17, 15) is 19.2 Å². The first kappa shape index (κ1) is 24.7. The maximum atomic E-state index is 13.5. The third-order valence-electron chi connectivity index (χ3n) is 8.97. The highest BCUT2D eigenvalue weighted by Gasteiger charge is 2.69. The lowest BCUT2D eigenvalue weighted by molar-refractivity contribution is -0.142. The fraction of sp³-hybridized carbons (Fsp3) is 0.556. The minimum Gasteiger partial charge on any atom is -0.481 e. The predicted octanol–water partition coefficient (Wildman–Crippen LogP) is 3.62. The number of hydrogen-bond acceptors (Lipinski definition) is 7. The third kappa shape index (κ3) is 3.78. The average molecular weight is 542 g/mol. The molecular formula is C27H31N3O5S2. The van der Waals surface area contributed by atoms with Crippen LogP contribution in [0.15, 0.2) is 34.1 Å². The minimum atomic E-state index is -0.920. The second-order valence-corrected chi connectivity index (χ2v) is 12.8. The molecular weight excluding hydrogens is 510 g/mol. The molecule has 7 atom stereocenters. The number of amides is 2. The number of carbonyl (C=O) groups is 3. The van der Waals surface area contributed by atoms with Crippen LogP contribution in [0.25, 0.3) is 0 Å². The van der Waals surface area contributed by atoms with Gasteiger partial charge in [-0.05, 0) is 62.1 Å². The first-order chi connectivity index (χ1) is 17.8. The molecule has 2 saturated carbocycles. The van der Waals surface area contributed by atoms with E-state index < -0.39 is 5.97 Å². The van der Waals surface area contributed by atoms with Gasteiger partial charge < -0.3 is 15.0 Å². The Bertz CT molecular complexity index is 1300. The zero-order valence-corrected chi connectivity index (χ0v) is 22.5. The molecule has 2 aromatic rings. The summed E-state index contributed by atoms with van der Waals surface area (Å²) in [7, 11) is 0. The highest BCUT2D eigenvalue weighted by atomic mass is 32.2. The number of fused-ring (bicyclic) bond motifs is 9. The van der Waals surface area contributed by atoms with Gasteiger partial charge in [0.25, 0.3) is 0 Å². The second kappa shape index (κ2) is 9.31. The van der Waals surface area contributed by atoms with Crippen LogP contribution in [0, 0.1) is 29.6 Å². The summed E-state index contributed by atoms with van der Waals surface area (Å²) in [5.74, 6) is -1.49. The normalized spacial score (nSPS) is 31.4. The molecule has 1 aromatic heterocycles. The lowest BCUT2D eigenvalue weighted by Crippen LogP contribution is -2.42. The van der Waals surface area contributed by atoms with Gasteiger partial charge in [0.2, 0.25) is 11.8 Å². The number of likely N-dealkylation sites (tertiary alicyclic amines) is 1. The molecule has 2 N–H and O–H groups in total. The Labute approximate surface area is 223 Å². The number of nitrogens with one attached hydrogen (secondary N) is 1. The number of aliphatic carboxylic acids is 1. The molecule has 0 unspecified atom stereocenters. The monoisotopic (exact) mass is 541 g/mol. The molecule has 2 amide bonds. The standard InChI is InChI=1S/C27H31N3O5S2/c1-3-29(4-2)14-9-7-13(8-10-14)18-19-15-12-16(22(19)36-24-23(18)37-27(35)28-24)21-20(15)25(33)30(26(21)34)11-5-6-17(31)32/h7-10,15-16,18-22H,3-6,11-12H2,1-2H3,(H,28,35)(H,31,32)/t15-,16+,18-,19+,20+,21-,22-/m1/s1. The number of hydrogen-bond donors (Lipinski definition) is 2. The van der Waals surface area contributed by atoms with Gasteiger partial charge in [0.1, 0.15) is 0 Å². The van der Waals surface area contributed by atoms with Crippen LogP contribution in [-0.4, -0.2) is 57.7 Å². The summed E-state index contributed by atoms with van der Waals surface area (Å²) in [6, 6.07) is 8.64. The summed E-state index contributed by atoms with van der Waals surface area (Å²) in [6.45, 7) is 6.31. The van der Waals surface area contributed by atoms with E-state index in [0.29, 0.717) is 0 Å². The first-order valence-electron chi connectivity index (χ1n) is 13.2. The van der Waals surface area contributed by atoms with E-state index >= 15 is 0 Å². The zero-order chi connectivity index (χ0) is 26.0. The maximum Gasteiger partial charge on any atom is 0.305 e. The molecule has 1 saturated heterocycles. The van der Waals surface area contributed by atoms with E-state index in [1.165, 1.54) is 21.9 Å². The molecule has 10 heteroatoms. The van der Waals surface area contributed by atoms with Gasteiger partial charge in [0.05, 0.1) is 16.9 Å². The van der Waals surface area contributed by atoms with Crippen molar-refractivity contribution < 1.29 is 19.5 Å². The molecule has 2 aliphatic carbocycles. The Kier molecular flexibility index (Phi) is 6.22. The van der Waals surface area contributed by atoms with Crippen molar-refractivity contribution in [1.29, 1.82) is 0 Å². The fourth-order valence-electron chi connectivity index (χ4n) is 7.54. The molecule has 0 spiro atoms. The molecule has 1 aromatic carbocycles. The fourth-order valence-corrected chi connectivity index (χ4v) is 10.4. The number of thioether (sulfide) groups is 1. The molecule has 2 bridgehead atoms. The highest BCUT2D eigenvalue weighted by molar-refractivity contribution is 8.00. The summed E-state index contributed by atoms with van der Waals surface area (Å²) in [6.07, 6.45) is 1.08. The number of aromatic amines is 1. The topological polar surface area (TPSA) is 111 Å².